The van der Waals surface area contributed by atoms with E-state index in [-0.39, 0.29) is 11.9 Å². The van der Waals surface area contributed by atoms with Crippen molar-refractivity contribution >= 4 is 34.8 Å². The minimum atomic E-state index is -0.368. The molecular formula is C16H15Cl3FN. The van der Waals surface area contributed by atoms with Crippen LogP contribution in [0.1, 0.15) is 30.5 Å². The molecule has 0 fully saturated rings. The van der Waals surface area contributed by atoms with Crippen LogP contribution in [0.2, 0.25) is 15.1 Å². The van der Waals surface area contributed by atoms with Crippen LogP contribution >= 0.6 is 34.8 Å². The second-order valence-corrected chi connectivity index (χ2v) is 6.00. The molecule has 0 aromatic heterocycles. The molecule has 0 amide bonds. The van der Waals surface area contributed by atoms with Gasteiger partial charge in [-0.25, -0.2) is 4.39 Å². The van der Waals surface area contributed by atoms with E-state index in [0.717, 1.165) is 18.5 Å². The lowest BCUT2D eigenvalue weighted by atomic mass is 9.98. The average Bonchev–Trinajstić information content (AvgIpc) is 2.44. The maximum atomic E-state index is 14.2. The highest BCUT2D eigenvalue weighted by Gasteiger charge is 2.20. The van der Waals surface area contributed by atoms with Crippen LogP contribution in [0.4, 0.5) is 4.39 Å². The third kappa shape index (κ3) is 4.10. The van der Waals surface area contributed by atoms with E-state index in [1.165, 1.54) is 6.07 Å². The van der Waals surface area contributed by atoms with Crippen molar-refractivity contribution in [2.75, 3.05) is 6.54 Å². The molecule has 2 rings (SSSR count). The van der Waals surface area contributed by atoms with Gasteiger partial charge in [0.25, 0.3) is 0 Å². The van der Waals surface area contributed by atoms with E-state index in [9.17, 15) is 4.39 Å². The second kappa shape index (κ2) is 7.46. The topological polar surface area (TPSA) is 12.0 Å². The van der Waals surface area contributed by atoms with Crippen molar-refractivity contribution in [1.82, 2.24) is 5.32 Å². The molecule has 5 heteroatoms. The predicted molar refractivity (Wildman–Crippen MR) is 88.0 cm³/mol. The highest BCUT2D eigenvalue weighted by molar-refractivity contribution is 6.33. The van der Waals surface area contributed by atoms with E-state index in [4.69, 9.17) is 34.8 Å². The third-order valence-electron chi connectivity index (χ3n) is 3.14. The maximum absolute atomic E-state index is 14.2. The maximum Gasteiger partial charge on any atom is 0.129 e. The van der Waals surface area contributed by atoms with Gasteiger partial charge in [-0.15, -0.1) is 0 Å². The van der Waals surface area contributed by atoms with E-state index in [2.05, 4.69) is 5.32 Å². The number of benzene rings is 2. The van der Waals surface area contributed by atoms with Crippen molar-refractivity contribution in [3.8, 4) is 0 Å². The first-order valence-electron chi connectivity index (χ1n) is 6.66. The molecule has 0 saturated heterocycles. The van der Waals surface area contributed by atoms with Gasteiger partial charge in [0.1, 0.15) is 5.82 Å². The SMILES string of the molecule is CCCNC(c1ccc(Cl)cc1F)c1cc(Cl)ccc1Cl. The zero-order valence-corrected chi connectivity index (χ0v) is 13.7. The molecule has 0 aliphatic rings. The van der Waals surface area contributed by atoms with Gasteiger partial charge in [-0.3, -0.25) is 0 Å². The fourth-order valence-electron chi connectivity index (χ4n) is 2.15. The normalized spacial score (nSPS) is 12.4. The van der Waals surface area contributed by atoms with Crippen molar-refractivity contribution in [2.24, 2.45) is 0 Å². The van der Waals surface area contributed by atoms with Crippen LogP contribution in [0.15, 0.2) is 36.4 Å². The van der Waals surface area contributed by atoms with Crippen molar-refractivity contribution in [1.29, 1.82) is 0 Å². The van der Waals surface area contributed by atoms with Gasteiger partial charge >= 0.3 is 0 Å². The van der Waals surface area contributed by atoms with Crippen LogP contribution in [0.5, 0.6) is 0 Å². The molecule has 0 saturated carbocycles. The van der Waals surface area contributed by atoms with E-state index in [1.807, 2.05) is 6.92 Å². The minimum Gasteiger partial charge on any atom is -0.306 e. The number of nitrogens with one attached hydrogen (secondary N) is 1. The van der Waals surface area contributed by atoms with Crippen molar-refractivity contribution < 1.29 is 4.39 Å². The van der Waals surface area contributed by atoms with Gasteiger partial charge in [0.15, 0.2) is 0 Å². The highest BCUT2D eigenvalue weighted by atomic mass is 35.5. The third-order valence-corrected chi connectivity index (χ3v) is 3.96. The summed E-state index contributed by atoms with van der Waals surface area (Å²) in [5.74, 6) is -0.368. The molecule has 0 radical (unpaired) electrons. The van der Waals surface area contributed by atoms with Crippen LogP contribution in [-0.4, -0.2) is 6.54 Å². The van der Waals surface area contributed by atoms with Gasteiger partial charge in [0.2, 0.25) is 0 Å². The highest BCUT2D eigenvalue weighted by Crippen LogP contribution is 2.32. The number of halogens is 4. The summed E-state index contributed by atoms with van der Waals surface area (Å²) in [6, 6.07) is 9.45. The monoisotopic (exact) mass is 345 g/mol. The largest absolute Gasteiger partial charge is 0.306 e. The van der Waals surface area contributed by atoms with Gasteiger partial charge in [-0.05, 0) is 48.9 Å². The van der Waals surface area contributed by atoms with Crippen LogP contribution in [0.3, 0.4) is 0 Å². The Morgan fingerprint density at radius 3 is 2.33 bits per heavy atom. The van der Waals surface area contributed by atoms with Gasteiger partial charge in [0, 0.05) is 20.6 Å². The number of hydrogen-bond acceptors (Lipinski definition) is 1. The average molecular weight is 347 g/mol. The summed E-state index contributed by atoms with van der Waals surface area (Å²) in [7, 11) is 0. The summed E-state index contributed by atoms with van der Waals surface area (Å²) in [5.41, 5.74) is 1.25. The Morgan fingerprint density at radius 1 is 1.00 bits per heavy atom. The molecule has 0 heterocycles. The Hall–Kier alpha value is -0.800. The molecule has 0 bridgehead atoms. The minimum absolute atomic E-state index is 0.364. The molecule has 1 atom stereocenters. The lowest BCUT2D eigenvalue weighted by Gasteiger charge is -2.21. The molecule has 1 unspecified atom stereocenters. The van der Waals surface area contributed by atoms with Gasteiger partial charge < -0.3 is 5.32 Å². The van der Waals surface area contributed by atoms with Gasteiger partial charge in [0.05, 0.1) is 6.04 Å². The molecule has 0 aliphatic carbocycles. The van der Waals surface area contributed by atoms with E-state index < -0.39 is 0 Å². The lowest BCUT2D eigenvalue weighted by Crippen LogP contribution is -2.24. The second-order valence-electron chi connectivity index (χ2n) is 4.72. The Balaban J connectivity index is 2.49. The standard InChI is InChI=1S/C16H15Cl3FN/c1-2-7-21-16(12-5-3-11(18)9-15(12)20)13-8-10(17)4-6-14(13)19/h3-6,8-9,16,21H,2,7H2,1H3. The van der Waals surface area contributed by atoms with Crippen LogP contribution in [0, 0.1) is 5.82 Å². The molecule has 0 aliphatic heterocycles. The summed E-state index contributed by atoms with van der Waals surface area (Å²) in [5, 5.41) is 4.77. The van der Waals surface area contributed by atoms with E-state index in [0.29, 0.717) is 20.6 Å². The Kier molecular flexibility index (Phi) is 5.88. The molecule has 0 spiro atoms. The zero-order valence-electron chi connectivity index (χ0n) is 11.5. The fraction of sp³-hybridized carbons (Fsp3) is 0.250. The van der Waals surface area contributed by atoms with Crippen molar-refractivity contribution in [3.05, 3.63) is 68.4 Å². The first kappa shape index (κ1) is 16.6. The molecule has 2 aromatic carbocycles. The lowest BCUT2D eigenvalue weighted by molar-refractivity contribution is 0.547. The molecule has 1 N–H and O–H groups in total. The Morgan fingerprint density at radius 2 is 1.67 bits per heavy atom. The smallest absolute Gasteiger partial charge is 0.129 e. The molecule has 21 heavy (non-hydrogen) atoms. The van der Waals surface area contributed by atoms with Crippen molar-refractivity contribution in [2.45, 2.75) is 19.4 Å². The van der Waals surface area contributed by atoms with Crippen molar-refractivity contribution in [3.63, 3.8) is 0 Å². The fourth-order valence-corrected chi connectivity index (χ4v) is 2.71. The summed E-state index contributed by atoms with van der Waals surface area (Å²) in [6.45, 7) is 2.78. The molecule has 112 valence electrons. The summed E-state index contributed by atoms with van der Waals surface area (Å²) >= 11 is 18.1. The van der Waals surface area contributed by atoms with E-state index >= 15 is 0 Å². The Labute approximate surface area is 139 Å². The zero-order chi connectivity index (χ0) is 15.4. The first-order chi connectivity index (χ1) is 10.0. The first-order valence-corrected chi connectivity index (χ1v) is 7.79. The molecule has 1 nitrogen and oxygen atoms in total. The predicted octanol–water partition coefficient (Wildman–Crippen LogP) is 5.87. The number of rotatable bonds is 5. The summed E-state index contributed by atoms with van der Waals surface area (Å²) in [4.78, 5) is 0. The summed E-state index contributed by atoms with van der Waals surface area (Å²) in [6.07, 6.45) is 0.921. The van der Waals surface area contributed by atoms with Crippen LogP contribution < -0.4 is 5.32 Å². The van der Waals surface area contributed by atoms with E-state index in [1.54, 1.807) is 30.3 Å². The number of hydrogen-bond donors (Lipinski definition) is 1. The Bertz CT molecular complexity index is 631. The van der Waals surface area contributed by atoms with Gasteiger partial charge in [-0.1, -0.05) is 47.8 Å². The van der Waals surface area contributed by atoms with Crippen LogP contribution in [0.25, 0.3) is 0 Å². The van der Waals surface area contributed by atoms with Crippen LogP contribution in [-0.2, 0) is 0 Å². The quantitative estimate of drug-likeness (QED) is 0.713. The van der Waals surface area contributed by atoms with Gasteiger partial charge in [-0.2, -0.15) is 0 Å². The molecular weight excluding hydrogens is 332 g/mol. The molecule has 2 aromatic rings. The summed E-state index contributed by atoms with van der Waals surface area (Å²) < 4.78 is 14.2.